The molecule has 3 heterocycles. The van der Waals surface area contributed by atoms with E-state index in [2.05, 4.69) is 27.4 Å². The van der Waals surface area contributed by atoms with Gasteiger partial charge in [0, 0.05) is 12.7 Å². The fourth-order valence-corrected chi connectivity index (χ4v) is 3.61. The van der Waals surface area contributed by atoms with Crippen LogP contribution in [0.3, 0.4) is 0 Å². The van der Waals surface area contributed by atoms with Crippen molar-refractivity contribution in [3.8, 4) is 0 Å². The highest BCUT2D eigenvalue weighted by Gasteiger charge is 2.27. The molecule has 2 aromatic rings. The van der Waals surface area contributed by atoms with Gasteiger partial charge < -0.3 is 0 Å². The molecule has 0 spiro atoms. The van der Waals surface area contributed by atoms with Gasteiger partial charge in [0.25, 0.3) is 0 Å². The summed E-state index contributed by atoms with van der Waals surface area (Å²) in [5.74, 6) is 0.156. The molecule has 20 heavy (non-hydrogen) atoms. The van der Waals surface area contributed by atoms with Gasteiger partial charge in [-0.2, -0.15) is 0 Å². The molecule has 104 valence electrons. The first-order valence-electron chi connectivity index (χ1n) is 6.97. The van der Waals surface area contributed by atoms with Gasteiger partial charge in [-0.15, -0.1) is 11.3 Å². The first kappa shape index (κ1) is 13.5. The zero-order valence-corrected chi connectivity index (χ0v) is 12.4. The van der Waals surface area contributed by atoms with E-state index in [1.54, 1.807) is 18.3 Å². The predicted molar refractivity (Wildman–Crippen MR) is 80.9 cm³/mol. The zero-order chi connectivity index (χ0) is 13.9. The number of thiophene rings is 1. The molecule has 2 aromatic heterocycles. The van der Waals surface area contributed by atoms with Gasteiger partial charge in [0.1, 0.15) is 0 Å². The van der Waals surface area contributed by atoms with Gasteiger partial charge in [-0.05, 0) is 55.5 Å². The van der Waals surface area contributed by atoms with Crippen LogP contribution in [0.15, 0.2) is 35.8 Å². The Bertz CT molecular complexity index is 594. The van der Waals surface area contributed by atoms with Gasteiger partial charge in [0.15, 0.2) is 5.78 Å². The maximum atomic E-state index is 11.4. The van der Waals surface area contributed by atoms with Crippen molar-refractivity contribution in [1.29, 1.82) is 0 Å². The fourth-order valence-electron chi connectivity index (χ4n) is 2.80. The molecule has 0 unspecified atom stereocenters. The van der Waals surface area contributed by atoms with Crippen molar-refractivity contribution in [2.45, 2.75) is 32.4 Å². The van der Waals surface area contributed by atoms with Crippen molar-refractivity contribution in [3.63, 3.8) is 0 Å². The maximum Gasteiger partial charge on any atom is 0.169 e. The van der Waals surface area contributed by atoms with E-state index >= 15 is 0 Å². The molecule has 3 nitrogen and oxygen atoms in total. The number of likely N-dealkylation sites (tertiary alicyclic amines) is 1. The Balaban J connectivity index is 1.74. The third-order valence-corrected chi connectivity index (χ3v) is 4.86. The van der Waals surface area contributed by atoms with Crippen LogP contribution in [0.1, 0.15) is 46.7 Å². The third kappa shape index (κ3) is 2.81. The Hall–Kier alpha value is -1.52. The lowest BCUT2D eigenvalue weighted by Gasteiger charge is -2.23. The lowest BCUT2D eigenvalue weighted by molar-refractivity contribution is 0.102. The largest absolute Gasteiger partial charge is 0.294 e. The molecule has 0 saturated carbocycles. The van der Waals surface area contributed by atoms with E-state index in [4.69, 9.17) is 0 Å². The summed E-state index contributed by atoms with van der Waals surface area (Å²) in [5.41, 5.74) is 2.40. The zero-order valence-electron chi connectivity index (χ0n) is 11.6. The SMILES string of the molecule is CC(=O)c1cc(CN2CCC[C@@H]2c2ccccn2)cs1. The molecule has 0 bridgehead atoms. The lowest BCUT2D eigenvalue weighted by Crippen LogP contribution is -2.23. The number of carbonyl (C=O) groups excluding carboxylic acids is 1. The van der Waals surface area contributed by atoms with E-state index in [0.29, 0.717) is 6.04 Å². The van der Waals surface area contributed by atoms with Gasteiger partial charge in [0.05, 0.1) is 16.6 Å². The first-order chi connectivity index (χ1) is 9.74. The van der Waals surface area contributed by atoms with E-state index in [1.807, 2.05) is 18.3 Å². The molecule has 1 aliphatic rings. The van der Waals surface area contributed by atoms with Gasteiger partial charge in [0.2, 0.25) is 0 Å². The minimum absolute atomic E-state index is 0.156. The number of rotatable bonds is 4. The van der Waals surface area contributed by atoms with Crippen LogP contribution in [-0.2, 0) is 6.54 Å². The molecule has 1 atom stereocenters. The van der Waals surface area contributed by atoms with Crippen molar-refractivity contribution in [3.05, 3.63) is 52.0 Å². The summed E-state index contributed by atoms with van der Waals surface area (Å²) in [5, 5.41) is 2.10. The predicted octanol–water partition coefficient (Wildman–Crippen LogP) is 3.68. The standard InChI is InChI=1S/C16H18N2OS/c1-12(19)16-9-13(11-20-16)10-18-8-4-6-15(18)14-5-2-3-7-17-14/h2-3,5,7,9,11,15H,4,6,8,10H2,1H3/t15-/m1/s1. The highest BCUT2D eigenvalue weighted by molar-refractivity contribution is 7.12. The Labute approximate surface area is 123 Å². The number of ketones is 1. The van der Waals surface area contributed by atoms with Crippen LogP contribution >= 0.6 is 11.3 Å². The van der Waals surface area contributed by atoms with Crippen molar-refractivity contribution < 1.29 is 4.79 Å². The molecule has 0 aliphatic carbocycles. The number of pyridine rings is 1. The van der Waals surface area contributed by atoms with Crippen molar-refractivity contribution >= 4 is 17.1 Å². The monoisotopic (exact) mass is 286 g/mol. The van der Waals surface area contributed by atoms with E-state index in [1.165, 1.54) is 18.4 Å². The molecule has 1 aliphatic heterocycles. The Morgan fingerprint density at radius 1 is 1.50 bits per heavy atom. The quantitative estimate of drug-likeness (QED) is 0.804. The van der Waals surface area contributed by atoms with Crippen molar-refractivity contribution in [2.75, 3.05) is 6.54 Å². The minimum Gasteiger partial charge on any atom is -0.294 e. The molecular weight excluding hydrogens is 268 g/mol. The summed E-state index contributed by atoms with van der Waals surface area (Å²) in [6, 6.07) is 8.56. The number of nitrogens with zero attached hydrogens (tertiary/aromatic N) is 2. The summed E-state index contributed by atoms with van der Waals surface area (Å²) >= 11 is 1.55. The topological polar surface area (TPSA) is 33.2 Å². The van der Waals surface area contributed by atoms with Crippen LogP contribution < -0.4 is 0 Å². The highest BCUT2D eigenvalue weighted by Crippen LogP contribution is 2.32. The Kier molecular flexibility index (Phi) is 3.94. The van der Waals surface area contributed by atoms with Gasteiger partial charge >= 0.3 is 0 Å². The van der Waals surface area contributed by atoms with E-state index in [9.17, 15) is 4.79 Å². The van der Waals surface area contributed by atoms with Gasteiger partial charge in [-0.1, -0.05) is 6.07 Å². The molecular formula is C16H18N2OS. The molecule has 0 N–H and O–H groups in total. The second-order valence-electron chi connectivity index (χ2n) is 5.26. The summed E-state index contributed by atoms with van der Waals surface area (Å²) in [4.78, 5) is 19.2. The fraction of sp³-hybridized carbons (Fsp3) is 0.375. The number of hydrogen-bond donors (Lipinski definition) is 0. The average Bonchev–Trinajstić information content (AvgIpc) is 3.09. The number of hydrogen-bond acceptors (Lipinski definition) is 4. The van der Waals surface area contributed by atoms with E-state index in [-0.39, 0.29) is 5.78 Å². The second-order valence-corrected chi connectivity index (χ2v) is 6.17. The molecule has 4 heteroatoms. The molecule has 3 rings (SSSR count). The minimum atomic E-state index is 0.156. The molecule has 1 fully saturated rings. The second kappa shape index (κ2) is 5.85. The molecule has 0 amide bonds. The van der Waals surface area contributed by atoms with Crippen LogP contribution in [0.2, 0.25) is 0 Å². The van der Waals surface area contributed by atoms with Crippen LogP contribution in [0.5, 0.6) is 0 Å². The normalized spacial score (nSPS) is 19.4. The van der Waals surface area contributed by atoms with Crippen molar-refractivity contribution in [1.82, 2.24) is 9.88 Å². The Morgan fingerprint density at radius 3 is 3.10 bits per heavy atom. The first-order valence-corrected chi connectivity index (χ1v) is 7.85. The van der Waals surface area contributed by atoms with Gasteiger partial charge in [-0.3, -0.25) is 14.7 Å². The molecule has 1 saturated heterocycles. The Morgan fingerprint density at radius 2 is 2.40 bits per heavy atom. The molecule has 0 radical (unpaired) electrons. The summed E-state index contributed by atoms with van der Waals surface area (Å²) < 4.78 is 0. The number of Topliss-reactive ketones (excluding diaryl/α,β-unsaturated/α-hetero) is 1. The summed E-state index contributed by atoms with van der Waals surface area (Å²) in [6.45, 7) is 3.64. The smallest absolute Gasteiger partial charge is 0.169 e. The van der Waals surface area contributed by atoms with Crippen LogP contribution in [0.4, 0.5) is 0 Å². The lowest BCUT2D eigenvalue weighted by atomic mass is 10.1. The summed E-state index contributed by atoms with van der Waals surface area (Å²) in [7, 11) is 0. The van der Waals surface area contributed by atoms with Gasteiger partial charge in [-0.25, -0.2) is 0 Å². The third-order valence-electron chi connectivity index (χ3n) is 3.78. The van der Waals surface area contributed by atoms with Crippen LogP contribution in [0.25, 0.3) is 0 Å². The van der Waals surface area contributed by atoms with Crippen LogP contribution in [0, 0.1) is 0 Å². The summed E-state index contributed by atoms with van der Waals surface area (Å²) in [6.07, 6.45) is 4.25. The average molecular weight is 286 g/mol. The number of aromatic nitrogens is 1. The number of carbonyl (C=O) groups is 1. The highest BCUT2D eigenvalue weighted by atomic mass is 32.1. The van der Waals surface area contributed by atoms with E-state index in [0.717, 1.165) is 23.7 Å². The van der Waals surface area contributed by atoms with Crippen molar-refractivity contribution in [2.24, 2.45) is 0 Å². The molecule has 0 aromatic carbocycles. The van der Waals surface area contributed by atoms with Crippen LogP contribution in [-0.4, -0.2) is 22.2 Å². The van der Waals surface area contributed by atoms with E-state index < -0.39 is 0 Å². The maximum absolute atomic E-state index is 11.4.